The summed E-state index contributed by atoms with van der Waals surface area (Å²) in [4.78, 5) is 24.6. The molecule has 0 aromatic heterocycles. The molecular weight excluding hydrogens is 425 g/mol. The fourth-order valence-corrected chi connectivity index (χ4v) is 3.44. The molecule has 3 N–H and O–H groups in total. The minimum Gasteiger partial charge on any atom is -0.444 e. The average Bonchev–Trinajstić information content (AvgIpc) is 2.67. The smallest absolute Gasteiger partial charge is 0.412 e. The highest BCUT2D eigenvalue weighted by Crippen LogP contribution is 2.25. The number of sulfonamides is 1. The lowest BCUT2D eigenvalue weighted by Crippen LogP contribution is -2.27. The molecule has 166 valence electrons. The summed E-state index contributed by atoms with van der Waals surface area (Å²) in [6.45, 7) is 8.53. The second-order valence-corrected chi connectivity index (χ2v) is 9.21. The van der Waals surface area contributed by atoms with E-state index < -0.39 is 33.4 Å². The molecule has 31 heavy (non-hydrogen) atoms. The number of rotatable bonds is 7. The fraction of sp³-hybridized carbons (Fsp3) is 0.238. The molecule has 0 aliphatic carbocycles. The highest BCUT2D eigenvalue weighted by molar-refractivity contribution is 7.89. The van der Waals surface area contributed by atoms with E-state index >= 15 is 0 Å². The van der Waals surface area contributed by atoms with Crippen molar-refractivity contribution in [2.24, 2.45) is 0 Å². The van der Waals surface area contributed by atoms with E-state index in [9.17, 15) is 22.4 Å². The maximum Gasteiger partial charge on any atom is 0.412 e. The van der Waals surface area contributed by atoms with Crippen molar-refractivity contribution in [1.82, 2.24) is 4.72 Å². The average molecular weight is 450 g/mol. The van der Waals surface area contributed by atoms with Gasteiger partial charge in [-0.05, 0) is 57.2 Å². The van der Waals surface area contributed by atoms with Crippen LogP contribution in [0.1, 0.15) is 31.1 Å². The zero-order chi connectivity index (χ0) is 23.2. The first-order valence-electron chi connectivity index (χ1n) is 9.23. The standard InChI is InChI=1S/C21H24FN3O5S/c1-5-11-23-31(28,29)16-8-6-7-14(12-16)19(26)24-18-13-15(22)9-10-17(18)25-20(27)30-21(2,3)4/h5-10,12-13,23H,1,11H2,2-4H3,(H,24,26)(H,25,27). The van der Waals surface area contributed by atoms with Crippen molar-refractivity contribution in [2.75, 3.05) is 17.2 Å². The van der Waals surface area contributed by atoms with E-state index in [1.165, 1.54) is 36.4 Å². The second kappa shape index (κ2) is 9.71. The van der Waals surface area contributed by atoms with Gasteiger partial charge in [-0.1, -0.05) is 12.1 Å². The lowest BCUT2D eigenvalue weighted by Gasteiger charge is -2.20. The third-order valence-corrected chi connectivity index (χ3v) is 5.11. The molecule has 0 atom stereocenters. The van der Waals surface area contributed by atoms with E-state index in [0.717, 1.165) is 12.1 Å². The summed E-state index contributed by atoms with van der Waals surface area (Å²) in [6.07, 6.45) is 0.605. The summed E-state index contributed by atoms with van der Waals surface area (Å²) in [6, 6.07) is 8.73. The summed E-state index contributed by atoms with van der Waals surface area (Å²) < 4.78 is 45.7. The first-order valence-corrected chi connectivity index (χ1v) is 10.7. The minimum atomic E-state index is -3.83. The number of nitrogens with one attached hydrogen (secondary N) is 3. The number of hydrogen-bond donors (Lipinski definition) is 3. The lowest BCUT2D eigenvalue weighted by molar-refractivity contribution is 0.0635. The van der Waals surface area contributed by atoms with Crippen LogP contribution in [-0.4, -0.2) is 32.6 Å². The van der Waals surface area contributed by atoms with Crippen LogP contribution in [0, 0.1) is 5.82 Å². The Hall–Kier alpha value is -3.24. The monoisotopic (exact) mass is 449 g/mol. The van der Waals surface area contributed by atoms with Gasteiger partial charge in [-0.25, -0.2) is 22.3 Å². The highest BCUT2D eigenvalue weighted by Gasteiger charge is 2.19. The van der Waals surface area contributed by atoms with Gasteiger partial charge in [-0.15, -0.1) is 6.58 Å². The van der Waals surface area contributed by atoms with Gasteiger partial charge in [0.15, 0.2) is 0 Å². The van der Waals surface area contributed by atoms with Crippen molar-refractivity contribution in [3.63, 3.8) is 0 Å². The van der Waals surface area contributed by atoms with E-state index in [1.54, 1.807) is 20.8 Å². The summed E-state index contributed by atoms with van der Waals surface area (Å²) in [5.41, 5.74) is -0.637. The van der Waals surface area contributed by atoms with Crippen LogP contribution in [0.25, 0.3) is 0 Å². The SMILES string of the molecule is C=CCNS(=O)(=O)c1cccc(C(=O)Nc2cc(F)ccc2NC(=O)OC(C)(C)C)c1. The van der Waals surface area contributed by atoms with E-state index in [-0.39, 0.29) is 28.4 Å². The zero-order valence-electron chi connectivity index (χ0n) is 17.4. The number of hydrogen-bond acceptors (Lipinski definition) is 5. The molecule has 0 fully saturated rings. The summed E-state index contributed by atoms with van der Waals surface area (Å²) in [5, 5.41) is 4.93. The Labute approximate surface area is 180 Å². The number of benzene rings is 2. The van der Waals surface area contributed by atoms with Crippen molar-refractivity contribution in [3.05, 3.63) is 66.5 Å². The van der Waals surface area contributed by atoms with Gasteiger partial charge in [0.1, 0.15) is 11.4 Å². The van der Waals surface area contributed by atoms with Crippen LogP contribution in [0.15, 0.2) is 60.0 Å². The Kier molecular flexibility index (Phi) is 7.53. The number of halogens is 1. The van der Waals surface area contributed by atoms with Crippen molar-refractivity contribution >= 4 is 33.4 Å². The van der Waals surface area contributed by atoms with Crippen LogP contribution in [0.4, 0.5) is 20.6 Å². The van der Waals surface area contributed by atoms with Crippen LogP contribution >= 0.6 is 0 Å². The Morgan fingerprint density at radius 2 is 1.81 bits per heavy atom. The van der Waals surface area contributed by atoms with Crippen LogP contribution in [0.5, 0.6) is 0 Å². The Morgan fingerprint density at radius 3 is 2.45 bits per heavy atom. The first-order chi connectivity index (χ1) is 14.4. The molecule has 0 unspecified atom stereocenters. The molecule has 0 saturated heterocycles. The lowest BCUT2D eigenvalue weighted by atomic mass is 10.2. The molecule has 0 radical (unpaired) electrons. The molecule has 2 rings (SSSR count). The predicted molar refractivity (Wildman–Crippen MR) is 116 cm³/mol. The van der Waals surface area contributed by atoms with E-state index in [4.69, 9.17) is 4.74 Å². The molecule has 0 aliphatic heterocycles. The molecule has 2 amide bonds. The van der Waals surface area contributed by atoms with Gasteiger partial charge in [0.2, 0.25) is 10.0 Å². The molecule has 0 spiro atoms. The van der Waals surface area contributed by atoms with Crippen LogP contribution in [0.2, 0.25) is 0 Å². The Bertz CT molecular complexity index is 1090. The molecular formula is C21H24FN3O5S. The third kappa shape index (κ3) is 7.19. The number of ether oxygens (including phenoxy) is 1. The highest BCUT2D eigenvalue weighted by atomic mass is 32.2. The van der Waals surface area contributed by atoms with Crippen LogP contribution in [0.3, 0.4) is 0 Å². The van der Waals surface area contributed by atoms with Gasteiger partial charge in [0.25, 0.3) is 5.91 Å². The van der Waals surface area contributed by atoms with Crippen molar-refractivity contribution in [1.29, 1.82) is 0 Å². The van der Waals surface area contributed by atoms with Gasteiger partial charge in [0.05, 0.1) is 16.3 Å². The molecule has 0 aliphatic rings. The van der Waals surface area contributed by atoms with Gasteiger partial charge in [-0.3, -0.25) is 10.1 Å². The largest absolute Gasteiger partial charge is 0.444 e. The Balaban J connectivity index is 2.26. The van der Waals surface area contributed by atoms with Crippen LogP contribution < -0.4 is 15.4 Å². The number of amides is 2. The molecule has 0 heterocycles. The molecule has 2 aromatic carbocycles. The van der Waals surface area contributed by atoms with Gasteiger partial charge < -0.3 is 10.1 Å². The molecule has 8 nitrogen and oxygen atoms in total. The summed E-state index contributed by atoms with van der Waals surface area (Å²) in [7, 11) is -3.83. The van der Waals surface area contributed by atoms with Gasteiger partial charge in [-0.2, -0.15) is 0 Å². The fourth-order valence-electron chi connectivity index (χ4n) is 2.39. The number of carbonyl (C=O) groups excluding carboxylic acids is 2. The maximum absolute atomic E-state index is 13.8. The quantitative estimate of drug-likeness (QED) is 0.555. The first kappa shape index (κ1) is 24.0. The summed E-state index contributed by atoms with van der Waals surface area (Å²) in [5.74, 6) is -1.34. The predicted octanol–water partition coefficient (Wildman–Crippen LogP) is 3.89. The maximum atomic E-state index is 13.8. The third-order valence-electron chi connectivity index (χ3n) is 3.69. The minimum absolute atomic E-state index is 0.0195. The molecule has 10 heteroatoms. The number of anilines is 2. The summed E-state index contributed by atoms with van der Waals surface area (Å²) >= 11 is 0. The van der Waals surface area contributed by atoms with Gasteiger partial charge >= 0.3 is 6.09 Å². The van der Waals surface area contributed by atoms with Crippen molar-refractivity contribution in [3.8, 4) is 0 Å². The molecule has 2 aromatic rings. The Morgan fingerprint density at radius 1 is 1.10 bits per heavy atom. The van der Waals surface area contributed by atoms with Crippen molar-refractivity contribution < 1.29 is 27.1 Å². The van der Waals surface area contributed by atoms with E-state index in [1.807, 2.05) is 0 Å². The van der Waals surface area contributed by atoms with E-state index in [2.05, 4.69) is 21.9 Å². The van der Waals surface area contributed by atoms with Gasteiger partial charge in [0, 0.05) is 12.1 Å². The molecule has 0 saturated carbocycles. The zero-order valence-corrected chi connectivity index (χ0v) is 18.2. The van der Waals surface area contributed by atoms with E-state index in [0.29, 0.717) is 0 Å². The van der Waals surface area contributed by atoms with Crippen molar-refractivity contribution in [2.45, 2.75) is 31.3 Å². The second-order valence-electron chi connectivity index (χ2n) is 7.44. The normalized spacial score (nSPS) is 11.5. The number of carbonyl (C=O) groups is 2. The molecule has 0 bridgehead atoms. The van der Waals surface area contributed by atoms with Crippen LogP contribution in [-0.2, 0) is 14.8 Å². The topological polar surface area (TPSA) is 114 Å².